The van der Waals surface area contributed by atoms with Gasteiger partial charge in [0.15, 0.2) is 0 Å². The summed E-state index contributed by atoms with van der Waals surface area (Å²) < 4.78 is 41.1. The summed E-state index contributed by atoms with van der Waals surface area (Å²) in [5.74, 6) is -0.991. The third-order valence-corrected chi connectivity index (χ3v) is 8.52. The van der Waals surface area contributed by atoms with Crippen LogP contribution in [0, 0.1) is 17.5 Å². The minimum Gasteiger partial charge on any atom is -0.207 e. The topological polar surface area (TPSA) is 0 Å². The third-order valence-electron chi connectivity index (χ3n) is 4.60. The summed E-state index contributed by atoms with van der Waals surface area (Å²) in [6.07, 6.45) is 0. The predicted molar refractivity (Wildman–Crippen MR) is 106 cm³/mol. The Kier molecular flexibility index (Phi) is 4.97. The van der Waals surface area contributed by atoms with Crippen molar-refractivity contribution in [2.75, 3.05) is 0 Å². The lowest BCUT2D eigenvalue weighted by Crippen LogP contribution is -2.05. The molecule has 28 heavy (non-hydrogen) atoms. The first kappa shape index (κ1) is 18.4. The van der Waals surface area contributed by atoms with Gasteiger partial charge in [-0.15, -0.1) is 10.0 Å². The van der Waals surface area contributed by atoms with E-state index in [4.69, 9.17) is 0 Å². The molecule has 0 amide bonds. The second-order valence-corrected chi connectivity index (χ2v) is 9.40. The molecule has 0 bridgehead atoms. The van der Waals surface area contributed by atoms with E-state index < -0.39 is 10.0 Å². The maximum atomic E-state index is 13.7. The highest BCUT2D eigenvalue weighted by molar-refractivity contribution is 8.34. The molecule has 0 N–H and O–H groups in total. The highest BCUT2D eigenvalue weighted by atomic mass is 32.3. The predicted octanol–water partition coefficient (Wildman–Crippen LogP) is 7.44. The Morgan fingerprint density at radius 3 is 0.964 bits per heavy atom. The van der Waals surface area contributed by atoms with Crippen LogP contribution in [0.1, 0.15) is 0 Å². The largest absolute Gasteiger partial charge is 0.207 e. The lowest BCUT2D eigenvalue weighted by Gasteiger charge is -2.42. The molecule has 0 radical (unpaired) electrons. The molecule has 0 fully saturated rings. The van der Waals surface area contributed by atoms with Crippen molar-refractivity contribution in [3.05, 3.63) is 121 Å². The molecule has 140 valence electrons. The van der Waals surface area contributed by atoms with Crippen LogP contribution in [0.3, 0.4) is 0 Å². The fourth-order valence-electron chi connectivity index (χ4n) is 3.36. The molecule has 0 aromatic heterocycles. The van der Waals surface area contributed by atoms with Crippen LogP contribution in [0.25, 0.3) is 0 Å². The molecule has 0 aliphatic rings. The van der Waals surface area contributed by atoms with E-state index in [-0.39, 0.29) is 17.5 Å². The number of hydrogen-bond acceptors (Lipinski definition) is 0. The van der Waals surface area contributed by atoms with Gasteiger partial charge in [0.25, 0.3) is 0 Å². The summed E-state index contributed by atoms with van der Waals surface area (Å²) in [6.45, 7) is 0. The second-order valence-electron chi connectivity index (χ2n) is 6.29. The van der Waals surface area contributed by atoms with Crippen molar-refractivity contribution in [1.29, 1.82) is 0 Å². The van der Waals surface area contributed by atoms with E-state index in [2.05, 4.69) is 0 Å². The molecule has 0 spiro atoms. The Hall–Kier alpha value is -2.98. The monoisotopic (exact) mass is 394 g/mol. The van der Waals surface area contributed by atoms with Gasteiger partial charge in [-0.25, -0.2) is 13.2 Å². The number of hydrogen-bond donors (Lipinski definition) is 0. The number of rotatable bonds is 4. The zero-order chi connectivity index (χ0) is 19.6. The molecule has 0 saturated carbocycles. The Morgan fingerprint density at radius 1 is 0.357 bits per heavy atom. The minimum atomic E-state index is -2.06. The van der Waals surface area contributed by atoms with Crippen molar-refractivity contribution in [1.82, 2.24) is 0 Å². The van der Waals surface area contributed by atoms with Gasteiger partial charge in [0.05, 0.1) is 0 Å². The first-order valence-electron chi connectivity index (χ1n) is 8.76. The third kappa shape index (κ3) is 3.20. The van der Waals surface area contributed by atoms with E-state index in [1.807, 2.05) is 30.3 Å². The molecule has 0 nitrogen and oxygen atoms in total. The fourth-order valence-corrected chi connectivity index (χ4v) is 7.19. The van der Waals surface area contributed by atoms with Gasteiger partial charge in [0.2, 0.25) is 0 Å². The molecule has 0 saturated heterocycles. The molecular formula is C24H17F3S. The van der Waals surface area contributed by atoms with Crippen molar-refractivity contribution >= 4 is 10.0 Å². The van der Waals surface area contributed by atoms with Gasteiger partial charge in [-0.05, 0) is 84.9 Å². The van der Waals surface area contributed by atoms with Crippen molar-refractivity contribution in [2.45, 2.75) is 19.6 Å². The van der Waals surface area contributed by atoms with Crippen LogP contribution in [0.15, 0.2) is 123 Å². The van der Waals surface area contributed by atoms with Gasteiger partial charge in [-0.1, -0.05) is 18.2 Å². The minimum absolute atomic E-state index is 0.330. The van der Waals surface area contributed by atoms with Crippen LogP contribution < -0.4 is 0 Å². The summed E-state index contributed by atoms with van der Waals surface area (Å²) in [5.41, 5.74) is 0. The van der Waals surface area contributed by atoms with Crippen molar-refractivity contribution in [3.8, 4) is 0 Å². The molecule has 4 aromatic rings. The van der Waals surface area contributed by atoms with E-state index in [0.717, 1.165) is 19.6 Å². The van der Waals surface area contributed by atoms with Gasteiger partial charge in [-0.2, -0.15) is 0 Å². The van der Waals surface area contributed by atoms with Crippen LogP contribution in [-0.2, 0) is 0 Å². The summed E-state index contributed by atoms with van der Waals surface area (Å²) in [6, 6.07) is 28.9. The Labute approximate surface area is 163 Å². The molecule has 4 rings (SSSR count). The van der Waals surface area contributed by atoms with Crippen molar-refractivity contribution in [3.63, 3.8) is 0 Å². The molecule has 0 aliphatic heterocycles. The Morgan fingerprint density at radius 2 is 0.643 bits per heavy atom. The lowest BCUT2D eigenvalue weighted by molar-refractivity contribution is 0.626. The lowest BCUT2D eigenvalue weighted by atomic mass is 10.3. The summed E-state index contributed by atoms with van der Waals surface area (Å²) in [5, 5.41) is 0. The molecule has 4 aromatic carbocycles. The first-order valence-corrected chi connectivity index (χ1v) is 10.4. The molecule has 0 heterocycles. The van der Waals surface area contributed by atoms with E-state index in [9.17, 15) is 13.2 Å². The zero-order valence-electron chi connectivity index (χ0n) is 14.9. The highest BCUT2D eigenvalue weighted by Crippen LogP contribution is 2.73. The normalized spacial score (nSPS) is 12.0. The van der Waals surface area contributed by atoms with E-state index in [0.29, 0.717) is 0 Å². The van der Waals surface area contributed by atoms with Crippen LogP contribution >= 0.6 is 10.0 Å². The molecular weight excluding hydrogens is 377 g/mol. The van der Waals surface area contributed by atoms with Gasteiger partial charge in [0, 0.05) is 19.6 Å². The molecule has 0 unspecified atom stereocenters. The summed E-state index contributed by atoms with van der Waals surface area (Å²) >= 11 is 0. The standard InChI is InChI=1S/C24H17F3S/c25-18-6-12-22(13-7-18)28(21-4-2-1-3-5-21,23-14-8-19(26)9-15-23)24-16-10-20(27)11-17-24/h1-17H. The zero-order valence-corrected chi connectivity index (χ0v) is 15.7. The quantitative estimate of drug-likeness (QED) is 0.337. The summed E-state index contributed by atoms with van der Waals surface area (Å²) in [7, 11) is -2.06. The van der Waals surface area contributed by atoms with Crippen LogP contribution in [0.2, 0.25) is 0 Å². The van der Waals surface area contributed by atoms with Crippen LogP contribution in [0.5, 0.6) is 0 Å². The Bertz CT molecular complexity index is 947. The Balaban J connectivity index is 2.11. The van der Waals surface area contributed by atoms with E-state index in [1.54, 1.807) is 36.4 Å². The maximum Gasteiger partial charge on any atom is 0.123 e. The van der Waals surface area contributed by atoms with Crippen molar-refractivity contribution in [2.24, 2.45) is 0 Å². The average molecular weight is 394 g/mol. The first-order chi connectivity index (χ1) is 13.6. The second kappa shape index (κ2) is 7.56. The van der Waals surface area contributed by atoms with E-state index in [1.165, 1.54) is 36.4 Å². The van der Waals surface area contributed by atoms with Crippen LogP contribution in [0.4, 0.5) is 13.2 Å². The van der Waals surface area contributed by atoms with Gasteiger partial charge in [0.1, 0.15) is 17.5 Å². The fraction of sp³-hybridized carbons (Fsp3) is 0. The SMILES string of the molecule is Fc1ccc(S(c2ccccc2)(c2ccc(F)cc2)c2ccc(F)cc2)cc1. The van der Waals surface area contributed by atoms with Crippen LogP contribution in [-0.4, -0.2) is 0 Å². The van der Waals surface area contributed by atoms with Gasteiger partial charge >= 0.3 is 0 Å². The van der Waals surface area contributed by atoms with Crippen molar-refractivity contribution < 1.29 is 13.2 Å². The molecule has 4 heteroatoms. The summed E-state index contributed by atoms with van der Waals surface area (Å²) in [4.78, 5) is 3.66. The average Bonchev–Trinajstić information content (AvgIpc) is 2.73. The number of benzene rings is 4. The highest BCUT2D eigenvalue weighted by Gasteiger charge is 2.33. The smallest absolute Gasteiger partial charge is 0.123 e. The maximum absolute atomic E-state index is 13.7. The van der Waals surface area contributed by atoms with Gasteiger partial charge in [-0.3, -0.25) is 0 Å². The van der Waals surface area contributed by atoms with Gasteiger partial charge < -0.3 is 0 Å². The van der Waals surface area contributed by atoms with E-state index >= 15 is 0 Å². The molecule has 0 aliphatic carbocycles. The molecule has 0 atom stereocenters. The number of halogens is 3.